The van der Waals surface area contributed by atoms with E-state index in [1.807, 2.05) is 0 Å². The molecule has 0 spiro atoms. The topological polar surface area (TPSA) is 24.6 Å². The van der Waals surface area contributed by atoms with Gasteiger partial charge in [-0.2, -0.15) is 0 Å². The molecule has 0 radical (unpaired) electrons. The molecule has 1 atom stereocenters. The van der Waals surface area contributed by atoms with Gasteiger partial charge in [0.2, 0.25) is 6.54 Å². The molecule has 0 aromatic heterocycles. The first-order chi connectivity index (χ1) is 5.74. The van der Waals surface area contributed by atoms with Gasteiger partial charge in [-0.25, -0.2) is 11.0 Å². The van der Waals surface area contributed by atoms with Crippen molar-refractivity contribution in [3.05, 3.63) is 47.1 Å². The fourth-order valence-corrected chi connectivity index (χ4v) is 0.906. The minimum atomic E-state index is -0.877. The average Bonchev–Trinajstić information content (AvgIpc) is 2.05. The lowest BCUT2D eigenvalue weighted by Crippen LogP contribution is -1.99. The fourth-order valence-electron chi connectivity index (χ4n) is 0.906. The quantitative estimate of drug-likeness (QED) is 0.664. The van der Waals surface area contributed by atoms with Crippen molar-refractivity contribution < 1.29 is 9.50 Å². The summed E-state index contributed by atoms with van der Waals surface area (Å²) in [5.74, 6) is -0.392. The average molecular weight is 165 g/mol. The van der Waals surface area contributed by atoms with Crippen LogP contribution in [0.25, 0.3) is 4.85 Å². The van der Waals surface area contributed by atoms with Crippen LogP contribution in [0.3, 0.4) is 0 Å². The number of aliphatic hydroxyl groups is 1. The third-order valence-electron chi connectivity index (χ3n) is 1.50. The van der Waals surface area contributed by atoms with Crippen LogP contribution in [-0.2, 0) is 0 Å². The third-order valence-corrected chi connectivity index (χ3v) is 1.50. The number of halogens is 1. The summed E-state index contributed by atoms with van der Waals surface area (Å²) in [6.07, 6.45) is -0.877. The zero-order valence-corrected chi connectivity index (χ0v) is 6.37. The summed E-state index contributed by atoms with van der Waals surface area (Å²) in [4.78, 5) is 3.02. The van der Waals surface area contributed by atoms with E-state index in [9.17, 15) is 9.50 Å². The number of benzene rings is 1. The lowest BCUT2D eigenvalue weighted by molar-refractivity contribution is 0.195. The SMILES string of the molecule is [C-]#[N+]CC(O)c1cccc(F)c1. The molecule has 0 aliphatic carbocycles. The van der Waals surface area contributed by atoms with E-state index in [1.165, 1.54) is 18.2 Å². The Balaban J connectivity index is 2.82. The number of hydrogen-bond acceptors (Lipinski definition) is 1. The minimum Gasteiger partial charge on any atom is -0.381 e. The largest absolute Gasteiger partial charge is 0.381 e. The van der Waals surface area contributed by atoms with Crippen molar-refractivity contribution in [1.82, 2.24) is 0 Å². The Labute approximate surface area is 70.1 Å². The van der Waals surface area contributed by atoms with Gasteiger partial charge in [0.25, 0.3) is 0 Å². The first-order valence-electron chi connectivity index (χ1n) is 3.51. The van der Waals surface area contributed by atoms with Gasteiger partial charge in [0.1, 0.15) is 5.82 Å². The van der Waals surface area contributed by atoms with Crippen LogP contribution in [0.4, 0.5) is 4.39 Å². The molecule has 0 aliphatic heterocycles. The molecule has 0 saturated heterocycles. The van der Waals surface area contributed by atoms with E-state index in [0.717, 1.165) is 0 Å². The van der Waals surface area contributed by atoms with Crippen LogP contribution >= 0.6 is 0 Å². The summed E-state index contributed by atoms with van der Waals surface area (Å²) in [7, 11) is 0. The number of hydrogen-bond donors (Lipinski definition) is 1. The lowest BCUT2D eigenvalue weighted by Gasteiger charge is -2.03. The van der Waals surface area contributed by atoms with Crippen molar-refractivity contribution in [2.75, 3.05) is 6.54 Å². The molecule has 0 fully saturated rings. The third kappa shape index (κ3) is 2.04. The molecule has 3 heteroatoms. The molecule has 62 valence electrons. The predicted molar refractivity (Wildman–Crippen MR) is 42.8 cm³/mol. The highest BCUT2D eigenvalue weighted by molar-refractivity contribution is 5.19. The smallest absolute Gasteiger partial charge is 0.244 e. The predicted octanol–water partition coefficient (Wildman–Crippen LogP) is 1.78. The Hall–Kier alpha value is -1.40. The Kier molecular flexibility index (Phi) is 2.78. The van der Waals surface area contributed by atoms with Gasteiger partial charge in [-0.05, 0) is 17.7 Å². The van der Waals surface area contributed by atoms with Gasteiger partial charge < -0.3 is 9.95 Å². The molecule has 0 amide bonds. The second kappa shape index (κ2) is 3.84. The Morgan fingerprint density at radius 3 is 2.92 bits per heavy atom. The summed E-state index contributed by atoms with van der Waals surface area (Å²) >= 11 is 0. The zero-order valence-electron chi connectivity index (χ0n) is 6.37. The van der Waals surface area contributed by atoms with Crippen LogP contribution in [-0.4, -0.2) is 11.7 Å². The van der Waals surface area contributed by atoms with E-state index in [0.29, 0.717) is 5.56 Å². The normalized spacial score (nSPS) is 12.1. The van der Waals surface area contributed by atoms with Crippen LogP contribution < -0.4 is 0 Å². The standard InChI is InChI=1S/C9H8FNO/c1-11-6-9(12)7-3-2-4-8(10)5-7/h2-5,9,12H,6H2. The molecule has 0 bridgehead atoms. The van der Waals surface area contributed by atoms with E-state index in [1.54, 1.807) is 6.07 Å². The number of aliphatic hydroxyl groups excluding tert-OH is 1. The van der Waals surface area contributed by atoms with E-state index >= 15 is 0 Å². The molecule has 1 rings (SSSR count). The Bertz CT molecular complexity index is 306. The van der Waals surface area contributed by atoms with Crippen LogP contribution in [0.5, 0.6) is 0 Å². The highest BCUT2D eigenvalue weighted by atomic mass is 19.1. The van der Waals surface area contributed by atoms with Crippen molar-refractivity contribution in [1.29, 1.82) is 0 Å². The molecule has 0 heterocycles. The first kappa shape index (κ1) is 8.69. The number of rotatable bonds is 2. The van der Waals surface area contributed by atoms with Gasteiger partial charge in [0.15, 0.2) is 6.10 Å². The molecule has 1 N–H and O–H groups in total. The van der Waals surface area contributed by atoms with Gasteiger partial charge in [-0.3, -0.25) is 0 Å². The van der Waals surface area contributed by atoms with Gasteiger partial charge in [0, 0.05) is 0 Å². The zero-order chi connectivity index (χ0) is 8.97. The highest BCUT2D eigenvalue weighted by Gasteiger charge is 2.09. The molecule has 0 aliphatic rings. The highest BCUT2D eigenvalue weighted by Crippen LogP contribution is 2.13. The second-order valence-electron chi connectivity index (χ2n) is 2.41. The number of nitrogens with zero attached hydrogens (tertiary/aromatic N) is 1. The lowest BCUT2D eigenvalue weighted by atomic mass is 10.1. The van der Waals surface area contributed by atoms with Crippen molar-refractivity contribution in [3.63, 3.8) is 0 Å². The van der Waals surface area contributed by atoms with Crippen molar-refractivity contribution >= 4 is 0 Å². The van der Waals surface area contributed by atoms with E-state index in [4.69, 9.17) is 6.57 Å². The fraction of sp³-hybridized carbons (Fsp3) is 0.222. The molecular formula is C9H8FNO. The summed E-state index contributed by atoms with van der Waals surface area (Å²) in [5.41, 5.74) is 0.450. The second-order valence-corrected chi connectivity index (χ2v) is 2.41. The monoisotopic (exact) mass is 165 g/mol. The Morgan fingerprint density at radius 2 is 2.33 bits per heavy atom. The minimum absolute atomic E-state index is 0.0244. The maximum Gasteiger partial charge on any atom is 0.244 e. The maximum absolute atomic E-state index is 12.6. The molecule has 0 saturated carbocycles. The van der Waals surface area contributed by atoms with Crippen LogP contribution in [0, 0.1) is 12.4 Å². The summed E-state index contributed by atoms with van der Waals surface area (Å²) in [6.45, 7) is 6.48. The molecular weight excluding hydrogens is 157 g/mol. The van der Waals surface area contributed by atoms with Crippen LogP contribution in [0.1, 0.15) is 11.7 Å². The first-order valence-corrected chi connectivity index (χ1v) is 3.51. The molecule has 12 heavy (non-hydrogen) atoms. The van der Waals surface area contributed by atoms with Gasteiger partial charge >= 0.3 is 0 Å². The van der Waals surface area contributed by atoms with Crippen molar-refractivity contribution in [2.24, 2.45) is 0 Å². The van der Waals surface area contributed by atoms with Gasteiger partial charge in [0.05, 0.1) is 0 Å². The Morgan fingerprint density at radius 1 is 1.58 bits per heavy atom. The molecule has 2 nitrogen and oxygen atoms in total. The molecule has 1 aromatic rings. The van der Waals surface area contributed by atoms with Crippen molar-refractivity contribution in [3.8, 4) is 0 Å². The van der Waals surface area contributed by atoms with E-state index < -0.39 is 11.9 Å². The van der Waals surface area contributed by atoms with Crippen LogP contribution in [0.2, 0.25) is 0 Å². The van der Waals surface area contributed by atoms with E-state index in [2.05, 4.69) is 4.85 Å². The molecule has 1 aromatic carbocycles. The van der Waals surface area contributed by atoms with Crippen LogP contribution in [0.15, 0.2) is 24.3 Å². The maximum atomic E-state index is 12.6. The summed E-state index contributed by atoms with van der Waals surface area (Å²) < 4.78 is 12.6. The summed E-state index contributed by atoms with van der Waals surface area (Å²) in [6, 6.07) is 5.64. The van der Waals surface area contributed by atoms with Gasteiger partial charge in [-0.1, -0.05) is 12.1 Å². The summed E-state index contributed by atoms with van der Waals surface area (Å²) in [5, 5.41) is 9.26. The van der Waals surface area contributed by atoms with Gasteiger partial charge in [-0.15, -0.1) is 0 Å². The van der Waals surface area contributed by atoms with E-state index in [-0.39, 0.29) is 6.54 Å². The van der Waals surface area contributed by atoms with Crippen molar-refractivity contribution in [2.45, 2.75) is 6.10 Å². The molecule has 1 unspecified atom stereocenters.